The number of hydrogen-bond donors (Lipinski definition) is 0. The molecule has 0 radical (unpaired) electrons. The highest BCUT2D eigenvalue weighted by molar-refractivity contribution is 5.76. The lowest BCUT2D eigenvalue weighted by Crippen LogP contribution is -2.38. The summed E-state index contributed by atoms with van der Waals surface area (Å²) in [5.74, 6) is 0.917. The van der Waals surface area contributed by atoms with Gasteiger partial charge in [-0.15, -0.1) is 0 Å². The van der Waals surface area contributed by atoms with Crippen LogP contribution < -0.4 is 10.5 Å². The topological polar surface area (TPSA) is 73.1 Å². The molecule has 2 aliphatic heterocycles. The van der Waals surface area contributed by atoms with E-state index in [0.29, 0.717) is 19.8 Å². The quantitative estimate of drug-likeness (QED) is 0.697. The van der Waals surface area contributed by atoms with Crippen LogP contribution in [0.2, 0.25) is 0 Å². The second-order valence-electron chi connectivity index (χ2n) is 7.55. The molecule has 4 heterocycles. The lowest BCUT2D eigenvalue weighted by molar-refractivity contribution is 0.108. The summed E-state index contributed by atoms with van der Waals surface area (Å²) in [4.78, 5) is 24.5. The van der Waals surface area contributed by atoms with Crippen molar-refractivity contribution in [2.24, 2.45) is 0 Å². The average Bonchev–Trinajstić information content (AvgIpc) is 3.16. The first-order chi connectivity index (χ1) is 13.7. The van der Waals surface area contributed by atoms with Gasteiger partial charge in [0.2, 0.25) is 0 Å². The van der Waals surface area contributed by atoms with Crippen LogP contribution in [0.3, 0.4) is 0 Å². The number of nitrogens with zero attached hydrogens (tertiary/aromatic N) is 5. The Balaban J connectivity index is 1.47. The monoisotopic (exact) mass is 377 g/mol. The van der Waals surface area contributed by atoms with Crippen LogP contribution in [-0.4, -0.2) is 38.9 Å². The van der Waals surface area contributed by atoms with Crippen molar-refractivity contribution in [2.75, 3.05) is 18.1 Å². The van der Waals surface area contributed by atoms with Crippen molar-refractivity contribution in [2.45, 2.75) is 45.4 Å². The Kier molecular flexibility index (Phi) is 4.31. The largest absolute Gasteiger partial charge is 0.376 e. The van der Waals surface area contributed by atoms with E-state index in [1.165, 1.54) is 0 Å². The smallest absolute Gasteiger partial charge is 0.267 e. The van der Waals surface area contributed by atoms with Gasteiger partial charge >= 0.3 is 0 Å². The minimum atomic E-state index is -0.0579. The first-order valence-corrected chi connectivity index (χ1v) is 9.87. The van der Waals surface area contributed by atoms with Crippen molar-refractivity contribution >= 4 is 16.9 Å². The first-order valence-electron chi connectivity index (χ1n) is 9.87. The molecule has 1 aromatic carbocycles. The molecule has 0 bridgehead atoms. The average molecular weight is 377 g/mol. The third-order valence-corrected chi connectivity index (χ3v) is 5.66. The van der Waals surface area contributed by atoms with Gasteiger partial charge in [0.15, 0.2) is 5.82 Å². The Morgan fingerprint density at radius 1 is 1.21 bits per heavy atom. The van der Waals surface area contributed by atoms with Gasteiger partial charge in [-0.1, -0.05) is 12.1 Å². The van der Waals surface area contributed by atoms with Crippen molar-refractivity contribution < 1.29 is 4.74 Å². The van der Waals surface area contributed by atoms with Crippen molar-refractivity contribution in [3.05, 3.63) is 57.6 Å². The van der Waals surface area contributed by atoms with Crippen LogP contribution in [-0.2, 0) is 24.3 Å². The SMILES string of the molecule is Cc1nc2ccccc2nc1N1CCCC1Cn1nc2c(cc1=O)COCC2. The Hall–Kier alpha value is -2.80. The molecule has 0 aliphatic carbocycles. The van der Waals surface area contributed by atoms with Crippen molar-refractivity contribution in [3.63, 3.8) is 0 Å². The summed E-state index contributed by atoms with van der Waals surface area (Å²) >= 11 is 0. The molecule has 7 nitrogen and oxygen atoms in total. The summed E-state index contributed by atoms with van der Waals surface area (Å²) in [6.45, 7) is 4.65. The van der Waals surface area contributed by atoms with Gasteiger partial charge in [0.25, 0.3) is 5.56 Å². The molecule has 0 N–H and O–H groups in total. The standard InChI is InChI=1S/C21H23N5O2/c1-14-21(23-19-7-3-2-6-18(19)22-14)25-9-4-5-16(25)12-26-20(27)11-15-13-28-10-8-17(15)24-26/h2-3,6-7,11,16H,4-5,8-10,12-13H2,1H3. The van der Waals surface area contributed by atoms with E-state index in [2.05, 4.69) is 10.00 Å². The number of para-hydroxylation sites is 2. The fraction of sp³-hybridized carbons (Fsp3) is 0.429. The van der Waals surface area contributed by atoms with Crippen LogP contribution in [0.5, 0.6) is 0 Å². The minimum Gasteiger partial charge on any atom is -0.376 e. The molecule has 0 amide bonds. The van der Waals surface area contributed by atoms with Gasteiger partial charge in [-0.2, -0.15) is 5.10 Å². The van der Waals surface area contributed by atoms with Crippen molar-refractivity contribution in [1.29, 1.82) is 0 Å². The number of ether oxygens (including phenoxy) is 1. The number of aromatic nitrogens is 4. The number of aryl methyl sites for hydroxylation is 1. The van der Waals surface area contributed by atoms with Gasteiger partial charge in [-0.3, -0.25) is 4.79 Å². The van der Waals surface area contributed by atoms with E-state index < -0.39 is 0 Å². The van der Waals surface area contributed by atoms with Crippen LogP contribution in [0.1, 0.15) is 29.8 Å². The van der Waals surface area contributed by atoms with E-state index in [4.69, 9.17) is 14.7 Å². The molecule has 1 saturated heterocycles. The Morgan fingerprint density at radius 3 is 2.89 bits per heavy atom. The summed E-state index contributed by atoms with van der Waals surface area (Å²) in [5, 5.41) is 4.64. The predicted octanol–water partition coefficient (Wildman–Crippen LogP) is 2.24. The maximum Gasteiger partial charge on any atom is 0.267 e. The Morgan fingerprint density at radius 2 is 2.04 bits per heavy atom. The van der Waals surface area contributed by atoms with Crippen molar-refractivity contribution in [1.82, 2.24) is 19.7 Å². The third kappa shape index (κ3) is 3.05. The molecule has 3 aromatic rings. The number of benzene rings is 1. The van der Waals surface area contributed by atoms with E-state index in [1.54, 1.807) is 10.7 Å². The Bertz CT molecular complexity index is 1090. The van der Waals surface area contributed by atoms with Crippen LogP contribution >= 0.6 is 0 Å². The minimum absolute atomic E-state index is 0.0579. The zero-order valence-corrected chi connectivity index (χ0v) is 16.0. The molecular weight excluding hydrogens is 354 g/mol. The van der Waals surface area contributed by atoms with Crippen molar-refractivity contribution in [3.8, 4) is 0 Å². The fourth-order valence-electron chi connectivity index (χ4n) is 4.24. The molecule has 5 rings (SSSR count). The van der Waals surface area contributed by atoms with Gasteiger partial charge in [0.1, 0.15) is 0 Å². The van der Waals surface area contributed by atoms with Crippen LogP contribution in [0.25, 0.3) is 11.0 Å². The summed E-state index contributed by atoms with van der Waals surface area (Å²) < 4.78 is 7.06. The van der Waals surface area contributed by atoms with Crippen LogP contribution in [0.15, 0.2) is 35.1 Å². The molecule has 7 heteroatoms. The normalized spacial score (nSPS) is 19.2. The van der Waals surface area contributed by atoms with E-state index in [0.717, 1.165) is 59.6 Å². The van der Waals surface area contributed by atoms with Crippen LogP contribution in [0.4, 0.5) is 5.82 Å². The zero-order valence-electron chi connectivity index (χ0n) is 16.0. The van der Waals surface area contributed by atoms with Gasteiger partial charge in [-0.25, -0.2) is 14.6 Å². The molecule has 1 fully saturated rings. The number of fused-ring (bicyclic) bond motifs is 2. The molecule has 2 aromatic heterocycles. The Labute approximate surface area is 163 Å². The molecule has 1 unspecified atom stereocenters. The van der Waals surface area contributed by atoms with Crippen LogP contribution in [0, 0.1) is 6.92 Å². The highest BCUT2D eigenvalue weighted by atomic mass is 16.5. The highest BCUT2D eigenvalue weighted by Gasteiger charge is 2.29. The summed E-state index contributed by atoms with van der Waals surface area (Å²) in [5.41, 5.74) is 4.59. The van der Waals surface area contributed by atoms with E-state index in [1.807, 2.05) is 31.2 Å². The molecule has 0 spiro atoms. The van der Waals surface area contributed by atoms with Gasteiger partial charge < -0.3 is 9.64 Å². The van der Waals surface area contributed by atoms with E-state index >= 15 is 0 Å². The molecule has 0 saturated carbocycles. The maximum absolute atomic E-state index is 12.6. The number of anilines is 1. The second kappa shape index (κ2) is 6.98. The molecular formula is C21H23N5O2. The summed E-state index contributed by atoms with van der Waals surface area (Å²) in [6, 6.07) is 9.82. The lowest BCUT2D eigenvalue weighted by atomic mass is 10.1. The molecule has 2 aliphatic rings. The van der Waals surface area contributed by atoms with E-state index in [-0.39, 0.29) is 11.6 Å². The summed E-state index contributed by atoms with van der Waals surface area (Å²) in [6.07, 6.45) is 2.85. The van der Waals surface area contributed by atoms with Gasteiger partial charge in [0, 0.05) is 24.6 Å². The predicted molar refractivity (Wildman–Crippen MR) is 107 cm³/mol. The number of hydrogen-bond acceptors (Lipinski definition) is 6. The number of rotatable bonds is 3. The highest BCUT2D eigenvalue weighted by Crippen LogP contribution is 2.28. The van der Waals surface area contributed by atoms with E-state index in [9.17, 15) is 4.79 Å². The fourth-order valence-corrected chi connectivity index (χ4v) is 4.24. The third-order valence-electron chi connectivity index (χ3n) is 5.66. The van der Waals surface area contributed by atoms with Gasteiger partial charge in [-0.05, 0) is 31.9 Å². The molecule has 144 valence electrons. The maximum atomic E-state index is 12.6. The first kappa shape index (κ1) is 17.3. The second-order valence-corrected chi connectivity index (χ2v) is 7.55. The lowest BCUT2D eigenvalue weighted by Gasteiger charge is -2.27. The molecule has 28 heavy (non-hydrogen) atoms. The zero-order chi connectivity index (χ0) is 19.1. The van der Waals surface area contributed by atoms with Gasteiger partial charge in [0.05, 0.1) is 48.2 Å². The molecule has 1 atom stereocenters. The summed E-state index contributed by atoms with van der Waals surface area (Å²) in [7, 11) is 0.